The van der Waals surface area contributed by atoms with Crippen molar-refractivity contribution in [1.82, 2.24) is 0 Å². The number of ether oxygens (including phenoxy) is 1. The number of nitrogens with one attached hydrogen (secondary N) is 1. The van der Waals surface area contributed by atoms with Crippen molar-refractivity contribution >= 4 is 33.7 Å². The fourth-order valence-electron chi connectivity index (χ4n) is 1.60. The molecular weight excluding hydrogens is 365 g/mol. The van der Waals surface area contributed by atoms with Crippen molar-refractivity contribution in [2.45, 2.75) is 13.1 Å². The van der Waals surface area contributed by atoms with Gasteiger partial charge in [-0.2, -0.15) is 13.2 Å². The highest BCUT2D eigenvalue weighted by Crippen LogP contribution is 2.36. The Kier molecular flexibility index (Phi) is 7.80. The molecule has 0 unspecified atom stereocenters. The van der Waals surface area contributed by atoms with Crippen LogP contribution in [0.3, 0.4) is 0 Å². The first kappa shape index (κ1) is 22.6. The number of carbonyl (C=O) groups excluding carboxylic acids is 2. The van der Waals surface area contributed by atoms with Crippen LogP contribution in [0.4, 0.5) is 18.9 Å². The molecule has 1 rings (SSSR count). The number of alkyl halides is 3. The second kappa shape index (κ2) is 8.62. The lowest BCUT2D eigenvalue weighted by Crippen LogP contribution is -2.16. The quantitative estimate of drug-likeness (QED) is 0.776. The fourth-order valence-corrected chi connectivity index (χ4v) is 1.60. The number of hydrogen-bond donors (Lipinski definition) is 2. The summed E-state index contributed by atoms with van der Waals surface area (Å²) in [5.74, 6) is -1.46. The number of nitrogens with two attached hydrogens (primary N) is 1. The van der Waals surface area contributed by atoms with Gasteiger partial charge < -0.3 is 10.1 Å². The van der Waals surface area contributed by atoms with Crippen LogP contribution in [0.5, 0.6) is 0 Å². The van der Waals surface area contributed by atoms with Crippen molar-refractivity contribution in [2.75, 3.05) is 18.7 Å². The normalized spacial score (nSPS) is 11.0. The van der Waals surface area contributed by atoms with E-state index < -0.39 is 33.6 Å². The number of methoxy groups -OCH3 is 1. The summed E-state index contributed by atoms with van der Waals surface area (Å²) in [5, 5.41) is 6.50. The van der Waals surface area contributed by atoms with Gasteiger partial charge in [-0.25, -0.2) is 18.4 Å². The first-order chi connectivity index (χ1) is 11.2. The van der Waals surface area contributed by atoms with E-state index in [0.717, 1.165) is 32.4 Å². The van der Waals surface area contributed by atoms with Crippen LogP contribution in [-0.2, 0) is 25.7 Å². The van der Waals surface area contributed by atoms with Gasteiger partial charge in [0.1, 0.15) is 0 Å². The zero-order valence-electron chi connectivity index (χ0n) is 13.6. The van der Waals surface area contributed by atoms with Crippen LogP contribution in [0.25, 0.3) is 6.08 Å². The predicted molar refractivity (Wildman–Crippen MR) is 86.2 cm³/mol. The van der Waals surface area contributed by atoms with Gasteiger partial charge in [0.05, 0.1) is 30.2 Å². The molecule has 0 spiro atoms. The topological polar surface area (TPSA) is 116 Å². The molecule has 1 amide bonds. The van der Waals surface area contributed by atoms with E-state index in [4.69, 9.17) is 0 Å². The van der Waals surface area contributed by atoms with Crippen molar-refractivity contribution in [3.63, 3.8) is 0 Å². The molecule has 0 aliphatic carbocycles. The molecule has 0 saturated heterocycles. The standard InChI is InChI=1S/C13H12F3NO3.CH5NO2S/c1-4-8-5-9(12(19)20-3)11(17-7(2)18)6-10(8)13(14,15)16;1-5(2,3)4/h4-6H,1H2,2-3H3,(H,17,18);1H3,(H2,2,3,4). The van der Waals surface area contributed by atoms with Crippen molar-refractivity contribution in [2.24, 2.45) is 5.14 Å². The Hall–Kier alpha value is -2.40. The van der Waals surface area contributed by atoms with Crippen molar-refractivity contribution in [3.8, 4) is 0 Å². The molecule has 140 valence electrons. The molecule has 1 aromatic rings. The number of rotatable bonds is 3. The summed E-state index contributed by atoms with van der Waals surface area (Å²) >= 11 is 0. The SMILES string of the molecule is C=Cc1cc(C(=O)OC)c(NC(C)=O)cc1C(F)(F)F.CS(N)(=O)=O. The smallest absolute Gasteiger partial charge is 0.417 e. The summed E-state index contributed by atoms with van der Waals surface area (Å²) in [7, 11) is -2.08. The summed E-state index contributed by atoms with van der Waals surface area (Å²) in [6, 6.07) is 1.66. The molecule has 7 nitrogen and oxygen atoms in total. The molecule has 0 fully saturated rings. The van der Waals surface area contributed by atoms with Gasteiger partial charge in [0, 0.05) is 6.92 Å². The summed E-state index contributed by atoms with van der Waals surface area (Å²) in [4.78, 5) is 22.6. The molecule has 0 atom stereocenters. The van der Waals surface area contributed by atoms with Crippen molar-refractivity contribution < 1.29 is 35.9 Å². The first-order valence-corrected chi connectivity index (χ1v) is 8.37. The maximum atomic E-state index is 12.9. The zero-order valence-corrected chi connectivity index (χ0v) is 14.4. The minimum atomic E-state index is -4.63. The van der Waals surface area contributed by atoms with Crippen LogP contribution in [0, 0.1) is 0 Å². The van der Waals surface area contributed by atoms with Crippen LogP contribution < -0.4 is 10.5 Å². The Balaban J connectivity index is 0.00000101. The number of carbonyl (C=O) groups is 2. The summed E-state index contributed by atoms with van der Waals surface area (Å²) < 4.78 is 62.0. The van der Waals surface area contributed by atoms with Gasteiger partial charge in [-0.15, -0.1) is 0 Å². The highest BCUT2D eigenvalue weighted by atomic mass is 32.2. The molecule has 0 heterocycles. The van der Waals surface area contributed by atoms with Gasteiger partial charge in [0.25, 0.3) is 0 Å². The zero-order chi connectivity index (χ0) is 20.0. The Morgan fingerprint density at radius 1 is 1.32 bits per heavy atom. The fraction of sp³-hybridized carbons (Fsp3) is 0.286. The number of hydrogen-bond acceptors (Lipinski definition) is 5. The van der Waals surface area contributed by atoms with E-state index >= 15 is 0 Å². The molecule has 0 aliphatic rings. The summed E-state index contributed by atoms with van der Waals surface area (Å²) in [5.41, 5.74) is -1.70. The number of anilines is 1. The van der Waals surface area contributed by atoms with E-state index in [0.29, 0.717) is 6.07 Å². The number of esters is 1. The average molecular weight is 382 g/mol. The van der Waals surface area contributed by atoms with E-state index in [-0.39, 0.29) is 16.8 Å². The Morgan fingerprint density at radius 2 is 1.80 bits per heavy atom. The van der Waals surface area contributed by atoms with Crippen LogP contribution in [0.1, 0.15) is 28.4 Å². The number of sulfonamides is 1. The second-order valence-electron chi connectivity index (χ2n) is 4.69. The molecule has 0 saturated carbocycles. The minimum Gasteiger partial charge on any atom is -0.465 e. The van der Waals surface area contributed by atoms with Crippen molar-refractivity contribution in [3.05, 3.63) is 35.4 Å². The maximum absolute atomic E-state index is 12.9. The summed E-state index contributed by atoms with van der Waals surface area (Å²) in [6.45, 7) is 4.40. The Bertz CT molecular complexity index is 765. The lowest BCUT2D eigenvalue weighted by molar-refractivity contribution is -0.137. The van der Waals surface area contributed by atoms with E-state index in [1.807, 2.05) is 0 Å². The van der Waals surface area contributed by atoms with E-state index in [1.54, 1.807) is 0 Å². The number of amides is 1. The van der Waals surface area contributed by atoms with Crippen LogP contribution >= 0.6 is 0 Å². The molecule has 3 N–H and O–H groups in total. The van der Waals surface area contributed by atoms with Gasteiger partial charge in [-0.05, 0) is 17.7 Å². The minimum absolute atomic E-state index is 0.175. The van der Waals surface area contributed by atoms with E-state index in [9.17, 15) is 31.2 Å². The van der Waals surface area contributed by atoms with Crippen LogP contribution in [-0.4, -0.2) is 33.7 Å². The highest BCUT2D eigenvalue weighted by Gasteiger charge is 2.34. The predicted octanol–water partition coefficient (Wildman–Crippen LogP) is 2.00. The highest BCUT2D eigenvalue weighted by molar-refractivity contribution is 7.88. The van der Waals surface area contributed by atoms with Gasteiger partial charge >= 0.3 is 12.1 Å². The maximum Gasteiger partial charge on any atom is 0.417 e. The van der Waals surface area contributed by atoms with Crippen LogP contribution in [0.2, 0.25) is 0 Å². The largest absolute Gasteiger partial charge is 0.465 e. The number of primary sulfonamides is 1. The van der Waals surface area contributed by atoms with E-state index in [1.165, 1.54) is 0 Å². The molecule has 0 bridgehead atoms. The van der Waals surface area contributed by atoms with Gasteiger partial charge in [-0.3, -0.25) is 4.79 Å². The molecule has 0 aromatic heterocycles. The number of halogens is 3. The lowest BCUT2D eigenvalue weighted by atomic mass is 10.0. The van der Waals surface area contributed by atoms with Gasteiger partial charge in [0.15, 0.2) is 0 Å². The van der Waals surface area contributed by atoms with Crippen LogP contribution in [0.15, 0.2) is 18.7 Å². The van der Waals surface area contributed by atoms with Gasteiger partial charge in [0.2, 0.25) is 15.9 Å². The third-order valence-corrected chi connectivity index (χ3v) is 2.43. The average Bonchev–Trinajstić information content (AvgIpc) is 2.42. The Labute approximate surface area is 142 Å². The molecule has 11 heteroatoms. The monoisotopic (exact) mass is 382 g/mol. The second-order valence-corrected chi connectivity index (χ2v) is 6.35. The van der Waals surface area contributed by atoms with Crippen molar-refractivity contribution in [1.29, 1.82) is 0 Å². The van der Waals surface area contributed by atoms with E-state index in [2.05, 4.69) is 21.8 Å². The molecule has 25 heavy (non-hydrogen) atoms. The number of benzene rings is 1. The Morgan fingerprint density at radius 3 is 2.12 bits per heavy atom. The third kappa shape index (κ3) is 8.31. The lowest BCUT2D eigenvalue weighted by Gasteiger charge is -2.15. The molecule has 0 radical (unpaired) electrons. The summed E-state index contributed by atoms with van der Waals surface area (Å²) in [6.07, 6.45) is -2.72. The molecule has 0 aliphatic heterocycles. The first-order valence-electron chi connectivity index (χ1n) is 6.42. The third-order valence-electron chi connectivity index (χ3n) is 2.43. The van der Waals surface area contributed by atoms with Gasteiger partial charge in [-0.1, -0.05) is 12.7 Å². The molecular formula is C14H17F3N2O5S. The molecule has 1 aromatic carbocycles.